The molecule has 6 aromatic rings. The van der Waals surface area contributed by atoms with Crippen LogP contribution in [0.2, 0.25) is 0 Å². The highest BCUT2D eigenvalue weighted by Gasteiger charge is 2.58. The van der Waals surface area contributed by atoms with Crippen LogP contribution in [0.4, 0.5) is 40.8 Å². The Labute approximate surface area is 628 Å². The zero-order valence-electron chi connectivity index (χ0n) is 61.0. The molecule has 108 heavy (non-hydrogen) atoms. The van der Waals surface area contributed by atoms with Crippen molar-refractivity contribution in [3.63, 3.8) is 0 Å². The number of ether oxygens (including phenoxy) is 4. The number of H-pyrrole nitrogens is 1. The van der Waals surface area contributed by atoms with E-state index in [1.807, 2.05) is 0 Å². The Kier molecular flexibility index (Phi) is 27.7. The Morgan fingerprint density at radius 2 is 1.14 bits per heavy atom. The molecule has 10 amide bonds. The molecule has 9 rings (SSSR count). The van der Waals surface area contributed by atoms with Crippen molar-refractivity contribution < 1.29 is 84.4 Å². The molecular formula is C66H92FN19O18P2S2. The summed E-state index contributed by atoms with van der Waals surface area (Å²) in [6.07, 6.45) is -5.24. The second-order valence-corrected chi connectivity index (χ2v) is 37.2. The molecule has 3 fully saturated rings. The number of carbonyl (C=O) groups excluding carboxylic acids is 8. The largest absolute Gasteiger partial charge is 0.444 e. The number of halogens is 1. The molecule has 0 saturated carbocycles. The van der Waals surface area contributed by atoms with Crippen molar-refractivity contribution in [3.05, 3.63) is 95.3 Å². The highest BCUT2D eigenvalue weighted by atomic mass is 32.7. The van der Waals surface area contributed by atoms with Gasteiger partial charge in [-0.25, -0.2) is 53.1 Å². The molecule has 42 heteroatoms. The molecule has 3 aliphatic rings. The molecular weight excluding hydrogens is 1490 g/mol. The number of nitrogens with two attached hydrogens (primary N) is 3. The predicted octanol–water partition coefficient (Wildman–Crippen LogP) is 6.88. The fourth-order valence-electron chi connectivity index (χ4n) is 11.7. The smallest absolute Gasteiger partial charge is 0.408 e. The van der Waals surface area contributed by atoms with Crippen molar-refractivity contribution in [2.45, 2.75) is 191 Å². The van der Waals surface area contributed by atoms with Gasteiger partial charge in [-0.2, -0.15) is 0 Å². The maximum absolute atomic E-state index is 18.2. The number of benzene rings is 2. The van der Waals surface area contributed by atoms with E-state index in [0.29, 0.717) is 11.1 Å². The fraction of sp³-hybridized carbons (Fsp3) is 0.545. The highest BCUT2D eigenvalue weighted by molar-refractivity contribution is 8.56. The molecule has 13 atom stereocenters. The normalized spacial score (nSPS) is 22.8. The molecule has 3 aliphatic heterocycles. The number of primary amides is 2. The van der Waals surface area contributed by atoms with Crippen LogP contribution in [-0.4, -0.2) is 179 Å². The molecule has 7 heterocycles. The van der Waals surface area contributed by atoms with Crippen molar-refractivity contribution >= 4 is 124 Å². The first-order valence-corrected chi connectivity index (χ1v) is 41.1. The van der Waals surface area contributed by atoms with Gasteiger partial charge in [0.1, 0.15) is 71.3 Å². The summed E-state index contributed by atoms with van der Waals surface area (Å²) in [5.74, 6) is -3.77. The third kappa shape index (κ3) is 22.3. The molecule has 15 N–H and O–H groups in total. The second kappa shape index (κ2) is 36.0. The van der Waals surface area contributed by atoms with Gasteiger partial charge in [-0.1, -0.05) is 63.3 Å². The average Bonchev–Trinajstić information content (AvgIpc) is 1.59. The lowest BCUT2D eigenvalue weighted by Gasteiger charge is -2.29. The van der Waals surface area contributed by atoms with E-state index in [1.54, 1.807) is 118 Å². The minimum absolute atomic E-state index is 0.0223. The molecule has 0 bridgehead atoms. The number of aromatic amines is 1. The number of fused-ring (bicyclic) bond motifs is 4. The quantitative estimate of drug-likeness (QED) is 0.0176. The van der Waals surface area contributed by atoms with E-state index in [4.69, 9.17) is 49.7 Å². The topological polar surface area (TPSA) is 517 Å². The number of alkyl carbamates (subject to hydrolysis) is 2. The summed E-state index contributed by atoms with van der Waals surface area (Å²) >= 11 is 1.51. The minimum atomic E-state index is -4.57. The van der Waals surface area contributed by atoms with Gasteiger partial charge in [-0.05, 0) is 126 Å². The fourth-order valence-corrected chi connectivity index (χ4v) is 20.1. The first-order chi connectivity index (χ1) is 50.9. The molecule has 37 nitrogen and oxygen atoms in total. The van der Waals surface area contributed by atoms with Gasteiger partial charge in [0.15, 0.2) is 35.0 Å². The lowest BCUT2D eigenvalue weighted by atomic mass is 10.0. The Bertz CT molecular complexity index is 4370. The maximum atomic E-state index is 18.2. The summed E-state index contributed by atoms with van der Waals surface area (Å²) in [5.41, 5.74) is 14.6. The van der Waals surface area contributed by atoms with Crippen LogP contribution in [-0.2, 0) is 72.3 Å². The second-order valence-electron chi connectivity index (χ2n) is 28.4. The average molecular weight is 1580 g/mol. The van der Waals surface area contributed by atoms with Crippen LogP contribution in [0, 0.1) is 11.8 Å². The number of alkyl halides is 1. The van der Waals surface area contributed by atoms with Crippen molar-refractivity contribution in [1.29, 1.82) is 0 Å². The van der Waals surface area contributed by atoms with Crippen LogP contribution in [0.5, 0.6) is 0 Å². The zero-order valence-corrected chi connectivity index (χ0v) is 64.4. The van der Waals surface area contributed by atoms with Crippen molar-refractivity contribution in [3.8, 4) is 0 Å². The number of urea groups is 2. The van der Waals surface area contributed by atoms with Gasteiger partial charge >= 0.3 is 31.0 Å². The molecule has 3 saturated heterocycles. The molecule has 0 radical (unpaired) electrons. The standard InChI is InChI=1S/C66H92FN19O18P2S2/c1-34(2)47(83-63(94)102-65(5,6)7)58(90)81-40(13-11-23-71-61(69)92)55(87)79-38-19-15-36(16-20-38)28-107-105(96)51-44(101-60(46(51)67)86-33-77-49-52(68)73-30-74-53(49)86)27-99-106(97,104-42-25-45(100-43(42)26-98-105)85-32-78-50-54(85)75-31-76-57(50)89)108-29-37-17-21-39(22-18-37)80-56(88)41(14-12-24-72-62(70)93)82-59(91)48(35(3)4)84-64(95)103-66(8,9)10/h15-22,30-35,40-48,51,60H,11-14,23-29H2,1-10H3,(H,79,87)(H,80,88)(H,81,90)(H,82,91)(H,83,94)(H,84,95)(H2,68,73,74)(H3,69,71,92)(H3,70,72,93)(H,75,76,89)/t40-,41-,42-,43+,44+,45+,46+,47-,48-,51+,60+,105?,106?/m0/s1. The lowest BCUT2D eigenvalue weighted by molar-refractivity contribution is -0.128. The van der Waals surface area contributed by atoms with E-state index in [1.165, 1.54) is 28.1 Å². The highest BCUT2D eigenvalue weighted by Crippen LogP contribution is 2.71. The first kappa shape index (κ1) is 83.0. The SMILES string of the molecule is CC(C)[C@H](NC(=O)OC(C)(C)C)C(=O)N[C@@H](CCCNC(N)=O)C(=O)Nc1ccc(CSP2(=O)OC[C@H]3O[C@@H](n4cnc5c(N)ncnc54)[C@H](F)[C@@H]3P(=O)(SCc3ccc(NC(=O)[C@H](CCCNC(N)=O)NC(=O)[C@@H](NC(=O)OC(C)(C)C)C(C)C)cc3)OC[C@H]3O[C@@H](n4cnc5c(=O)[nH]cnc54)C[C@@H]3O2)cc1. The predicted molar refractivity (Wildman–Crippen MR) is 397 cm³/mol. The Hall–Kier alpha value is -9.01. The van der Waals surface area contributed by atoms with E-state index >= 15 is 13.5 Å². The van der Waals surface area contributed by atoms with Gasteiger partial charge in [0.2, 0.25) is 23.6 Å². The Morgan fingerprint density at radius 1 is 0.639 bits per heavy atom. The van der Waals surface area contributed by atoms with Crippen LogP contribution in [0.3, 0.4) is 0 Å². The maximum Gasteiger partial charge on any atom is 0.408 e. The van der Waals surface area contributed by atoms with Gasteiger partial charge in [-0.3, -0.25) is 46.7 Å². The first-order valence-electron chi connectivity index (χ1n) is 34.7. The summed E-state index contributed by atoms with van der Waals surface area (Å²) in [7, 11) is 0. The molecule has 2 aromatic carbocycles. The monoisotopic (exact) mass is 1580 g/mol. The summed E-state index contributed by atoms with van der Waals surface area (Å²) in [6, 6.07) is 6.51. The molecule has 588 valence electrons. The molecule has 0 spiro atoms. The van der Waals surface area contributed by atoms with Crippen LogP contribution in [0.25, 0.3) is 22.3 Å². The Balaban J connectivity index is 0.973. The number of carbonyl (C=O) groups is 8. The molecule has 4 aromatic heterocycles. The third-order valence-corrected chi connectivity index (χ3v) is 25.8. The summed E-state index contributed by atoms with van der Waals surface area (Å²) in [6.45, 7) is 6.55. The van der Waals surface area contributed by atoms with Gasteiger partial charge in [-0.15, -0.1) is 0 Å². The third-order valence-electron chi connectivity index (χ3n) is 16.9. The van der Waals surface area contributed by atoms with E-state index in [9.17, 15) is 43.2 Å². The number of nitrogens with one attached hydrogen (secondary N) is 9. The number of amides is 10. The number of imidazole rings is 2. The van der Waals surface area contributed by atoms with Crippen molar-refractivity contribution in [1.82, 2.24) is 70.9 Å². The molecule has 0 aliphatic carbocycles. The van der Waals surface area contributed by atoms with Crippen LogP contribution in [0.1, 0.15) is 125 Å². The number of aromatic nitrogens is 8. The minimum Gasteiger partial charge on any atom is -0.444 e. The van der Waals surface area contributed by atoms with E-state index in [2.05, 4.69) is 72.4 Å². The number of nitrogen functional groups attached to an aromatic ring is 1. The van der Waals surface area contributed by atoms with E-state index in [0.717, 1.165) is 29.1 Å². The van der Waals surface area contributed by atoms with Crippen molar-refractivity contribution in [2.24, 2.45) is 23.3 Å². The van der Waals surface area contributed by atoms with E-state index in [-0.39, 0.29) is 96.2 Å². The molecule has 2 unspecified atom stereocenters. The lowest BCUT2D eigenvalue weighted by Crippen LogP contribution is -2.55. The van der Waals surface area contributed by atoms with E-state index < -0.39 is 170 Å². The number of hydrogen-bond donors (Lipinski definition) is 12. The van der Waals surface area contributed by atoms with Crippen LogP contribution < -0.4 is 65.3 Å². The number of hydrogen-bond acceptors (Lipinski definition) is 26. The van der Waals surface area contributed by atoms with Crippen LogP contribution in [0.15, 0.2) is 78.6 Å². The Morgan fingerprint density at radius 3 is 1.66 bits per heavy atom. The number of rotatable bonds is 28. The van der Waals surface area contributed by atoms with Gasteiger partial charge in [0.05, 0.1) is 38.3 Å². The summed E-state index contributed by atoms with van der Waals surface area (Å²) < 4.78 is 96.5. The number of anilines is 3. The van der Waals surface area contributed by atoms with Gasteiger partial charge in [0.25, 0.3) is 12.1 Å². The van der Waals surface area contributed by atoms with Gasteiger partial charge < -0.3 is 88.2 Å². The summed E-state index contributed by atoms with van der Waals surface area (Å²) in [5, 5.41) is 21.1. The summed E-state index contributed by atoms with van der Waals surface area (Å²) in [4.78, 5) is 141. The van der Waals surface area contributed by atoms with Gasteiger partial charge in [0, 0.05) is 42.4 Å². The number of nitrogens with zero attached hydrogens (tertiary/aromatic N) is 7. The van der Waals surface area contributed by atoms with Crippen LogP contribution >= 0.6 is 36.1 Å². The zero-order chi connectivity index (χ0) is 78.6. The van der Waals surface area contributed by atoms with Crippen molar-refractivity contribution in [2.75, 3.05) is 42.7 Å².